The van der Waals surface area contributed by atoms with Crippen LogP contribution in [0.5, 0.6) is 0 Å². The molecule has 1 heteroatoms. The van der Waals surface area contributed by atoms with Gasteiger partial charge in [0.05, 0.1) is 6.42 Å². The van der Waals surface area contributed by atoms with Crippen LogP contribution in [-0.2, 0) is 4.79 Å². The van der Waals surface area contributed by atoms with Crippen molar-refractivity contribution in [2.45, 2.75) is 19.8 Å². The van der Waals surface area contributed by atoms with E-state index in [1.807, 2.05) is 13.0 Å². The zero-order chi connectivity index (χ0) is 6.69. The summed E-state index contributed by atoms with van der Waals surface area (Å²) in [5.41, 5.74) is 0. The molecular formula is C8H11O+. The van der Waals surface area contributed by atoms with Gasteiger partial charge in [0.25, 0.3) is 0 Å². The Morgan fingerprint density at radius 3 is 3.00 bits per heavy atom. The summed E-state index contributed by atoms with van der Waals surface area (Å²) in [5.74, 6) is 0.806. The average molecular weight is 123 g/mol. The third-order valence-electron chi connectivity index (χ3n) is 1.58. The normalized spacial score (nSPS) is 27.2. The van der Waals surface area contributed by atoms with Gasteiger partial charge in [0.15, 0.2) is 0 Å². The van der Waals surface area contributed by atoms with Crippen molar-refractivity contribution in [3.63, 3.8) is 0 Å². The molecule has 0 unspecified atom stereocenters. The summed E-state index contributed by atoms with van der Waals surface area (Å²) in [6.45, 7) is 1.99. The molecule has 1 fully saturated rings. The molecule has 0 N–H and O–H groups in total. The van der Waals surface area contributed by atoms with Crippen molar-refractivity contribution in [3.8, 4) is 0 Å². The number of Topliss-reactive ketones (excluding diaryl/α,β-unsaturated/α-hetero) is 1. The van der Waals surface area contributed by atoms with E-state index in [1.54, 1.807) is 6.42 Å². The van der Waals surface area contributed by atoms with Crippen LogP contribution >= 0.6 is 0 Å². The largest absolute Gasteiger partial charge is 0.306 e. The fourth-order valence-corrected chi connectivity index (χ4v) is 1.13. The molecule has 0 aromatic rings. The standard InChI is InChI=1S/C8H11O/c1-2-3-7-4-5-8(9)6-7/h2-3,5,7H,4,6H2,1H3/q+1/b3-2+/t7-/m0/s1. The minimum absolute atomic E-state index is 0.304. The fourth-order valence-electron chi connectivity index (χ4n) is 1.13. The number of ketones is 1. The summed E-state index contributed by atoms with van der Waals surface area (Å²) >= 11 is 0. The lowest BCUT2D eigenvalue weighted by Crippen LogP contribution is -1.89. The number of rotatable bonds is 1. The number of carbonyl (C=O) groups excluding carboxylic acids is 1. The Morgan fingerprint density at radius 2 is 2.56 bits per heavy atom. The maximum absolute atomic E-state index is 10.6. The Bertz CT molecular complexity index is 136. The summed E-state index contributed by atoms with van der Waals surface area (Å²) in [6.07, 6.45) is 7.57. The van der Waals surface area contributed by atoms with E-state index in [0.717, 1.165) is 12.8 Å². The quantitative estimate of drug-likeness (QED) is 0.383. The van der Waals surface area contributed by atoms with Crippen molar-refractivity contribution in [2.75, 3.05) is 0 Å². The van der Waals surface area contributed by atoms with E-state index >= 15 is 0 Å². The van der Waals surface area contributed by atoms with Crippen molar-refractivity contribution in [1.29, 1.82) is 0 Å². The molecule has 0 aromatic carbocycles. The number of allylic oxidation sites excluding steroid dienone is 2. The van der Waals surface area contributed by atoms with Gasteiger partial charge >= 0.3 is 5.78 Å². The highest BCUT2D eigenvalue weighted by atomic mass is 16.1. The molecule has 0 radical (unpaired) electrons. The average Bonchev–Trinajstić information content (AvgIpc) is 2.17. The van der Waals surface area contributed by atoms with Gasteiger partial charge < -0.3 is 0 Å². The molecule has 1 aliphatic carbocycles. The summed E-state index contributed by atoms with van der Waals surface area (Å²) in [4.78, 5) is 10.6. The van der Waals surface area contributed by atoms with Crippen LogP contribution in [0.2, 0.25) is 0 Å². The first kappa shape index (κ1) is 6.40. The van der Waals surface area contributed by atoms with Gasteiger partial charge in [-0.2, -0.15) is 0 Å². The first-order valence-corrected chi connectivity index (χ1v) is 3.32. The number of hydrogen-bond acceptors (Lipinski definition) is 1. The van der Waals surface area contributed by atoms with Gasteiger partial charge in [-0.05, 0) is 6.92 Å². The maximum Gasteiger partial charge on any atom is 0.306 e. The molecule has 0 spiro atoms. The summed E-state index contributed by atoms with van der Waals surface area (Å²) in [5, 5.41) is 0. The second kappa shape index (κ2) is 2.72. The zero-order valence-corrected chi connectivity index (χ0v) is 5.63. The van der Waals surface area contributed by atoms with Crippen LogP contribution < -0.4 is 0 Å². The highest BCUT2D eigenvalue weighted by molar-refractivity contribution is 5.89. The second-order valence-corrected chi connectivity index (χ2v) is 2.40. The van der Waals surface area contributed by atoms with Gasteiger partial charge in [0.1, 0.15) is 12.8 Å². The van der Waals surface area contributed by atoms with Gasteiger partial charge in [-0.15, -0.1) is 0 Å². The van der Waals surface area contributed by atoms with Crippen LogP contribution in [0, 0.1) is 12.3 Å². The monoisotopic (exact) mass is 123 g/mol. The first-order valence-electron chi connectivity index (χ1n) is 3.32. The Hall–Kier alpha value is -0.720. The van der Waals surface area contributed by atoms with E-state index in [0.29, 0.717) is 11.7 Å². The molecular weight excluding hydrogens is 112 g/mol. The molecule has 0 aliphatic heterocycles. The highest BCUT2D eigenvalue weighted by Gasteiger charge is 2.28. The molecule has 48 valence electrons. The molecule has 0 amide bonds. The van der Waals surface area contributed by atoms with E-state index in [4.69, 9.17) is 0 Å². The minimum Gasteiger partial charge on any atom is -0.244 e. The molecule has 1 rings (SSSR count). The number of carbonyl (C=O) groups is 1. The first-order chi connectivity index (χ1) is 4.33. The third-order valence-corrected chi connectivity index (χ3v) is 1.58. The Morgan fingerprint density at radius 1 is 1.78 bits per heavy atom. The minimum atomic E-state index is 0.304. The lowest BCUT2D eigenvalue weighted by atomic mass is 10.1. The second-order valence-electron chi connectivity index (χ2n) is 2.40. The molecule has 0 heterocycles. The van der Waals surface area contributed by atoms with Gasteiger partial charge in [-0.25, -0.2) is 4.79 Å². The third kappa shape index (κ3) is 1.60. The summed E-state index contributed by atoms with van der Waals surface area (Å²) in [7, 11) is 0. The molecule has 0 saturated heterocycles. The van der Waals surface area contributed by atoms with E-state index in [1.165, 1.54) is 0 Å². The van der Waals surface area contributed by atoms with Crippen LogP contribution in [0.1, 0.15) is 19.8 Å². The van der Waals surface area contributed by atoms with Gasteiger partial charge in [0.2, 0.25) is 0 Å². The highest BCUT2D eigenvalue weighted by Crippen LogP contribution is 2.21. The predicted molar refractivity (Wildman–Crippen MR) is 36.8 cm³/mol. The SMILES string of the molecule is C/C=C/[C@H]1C[CH+]C(=O)C1. The van der Waals surface area contributed by atoms with E-state index < -0.39 is 0 Å². The zero-order valence-electron chi connectivity index (χ0n) is 5.63. The van der Waals surface area contributed by atoms with E-state index in [9.17, 15) is 4.79 Å². The Balaban J connectivity index is 2.39. The van der Waals surface area contributed by atoms with E-state index in [-0.39, 0.29) is 0 Å². The van der Waals surface area contributed by atoms with E-state index in [2.05, 4.69) is 6.08 Å². The molecule has 1 aliphatic rings. The molecule has 0 aromatic heterocycles. The van der Waals surface area contributed by atoms with Crippen LogP contribution in [0.15, 0.2) is 12.2 Å². The summed E-state index contributed by atoms with van der Waals surface area (Å²) in [6, 6.07) is 0. The van der Waals surface area contributed by atoms with Gasteiger partial charge in [0, 0.05) is 5.92 Å². The van der Waals surface area contributed by atoms with Crippen LogP contribution in [0.25, 0.3) is 0 Å². The number of hydrogen-bond donors (Lipinski definition) is 0. The fraction of sp³-hybridized carbons (Fsp3) is 0.500. The van der Waals surface area contributed by atoms with Crippen molar-refractivity contribution in [3.05, 3.63) is 18.6 Å². The molecule has 0 bridgehead atoms. The van der Waals surface area contributed by atoms with Crippen LogP contribution in [0.4, 0.5) is 0 Å². The molecule has 1 nitrogen and oxygen atoms in total. The summed E-state index contributed by atoms with van der Waals surface area (Å²) < 4.78 is 0. The van der Waals surface area contributed by atoms with Crippen LogP contribution in [0.3, 0.4) is 0 Å². The predicted octanol–water partition coefficient (Wildman–Crippen LogP) is 1.75. The van der Waals surface area contributed by atoms with Crippen molar-refractivity contribution in [2.24, 2.45) is 5.92 Å². The van der Waals surface area contributed by atoms with Gasteiger partial charge in [-0.1, -0.05) is 12.2 Å². The maximum atomic E-state index is 10.6. The van der Waals surface area contributed by atoms with Crippen LogP contribution in [-0.4, -0.2) is 5.78 Å². The topological polar surface area (TPSA) is 17.1 Å². The van der Waals surface area contributed by atoms with Gasteiger partial charge in [-0.3, -0.25) is 0 Å². The van der Waals surface area contributed by atoms with Crippen molar-refractivity contribution >= 4 is 5.78 Å². The Labute approximate surface area is 55.8 Å². The van der Waals surface area contributed by atoms with Crippen molar-refractivity contribution in [1.82, 2.24) is 0 Å². The molecule has 1 saturated carbocycles. The lowest BCUT2D eigenvalue weighted by Gasteiger charge is -1.89. The Kier molecular flexibility index (Phi) is 1.93. The van der Waals surface area contributed by atoms with Crippen molar-refractivity contribution < 1.29 is 4.79 Å². The lowest BCUT2D eigenvalue weighted by molar-refractivity contribution is -0.115. The molecule has 1 atom stereocenters. The smallest absolute Gasteiger partial charge is 0.244 e. The molecule has 9 heavy (non-hydrogen) atoms.